The lowest BCUT2D eigenvalue weighted by molar-refractivity contribution is -0.190. The largest absolute Gasteiger partial charge is 0.463 e. The van der Waals surface area contributed by atoms with E-state index in [9.17, 15) is 14.4 Å². The Morgan fingerprint density at radius 3 is 2.46 bits per heavy atom. The van der Waals surface area contributed by atoms with Crippen molar-refractivity contribution in [3.8, 4) is 0 Å². The molecular weight excluding hydrogens is 462 g/mol. The molecule has 8 nitrogen and oxygen atoms in total. The lowest BCUT2D eigenvalue weighted by atomic mass is 9.81. The highest BCUT2D eigenvalue weighted by molar-refractivity contribution is 6.76. The summed E-state index contributed by atoms with van der Waals surface area (Å²) in [6.45, 7) is 7.05. The molecule has 3 N–H and O–H groups in total. The Hall–Kier alpha value is -2.55. The summed E-state index contributed by atoms with van der Waals surface area (Å²) in [5, 5.41) is 0. The molecule has 0 spiro atoms. The second-order valence-corrected chi connectivity index (χ2v) is 17.1. The number of H-pyrrole nitrogens is 1. The number of carbonyl (C=O) groups is 2. The van der Waals surface area contributed by atoms with Gasteiger partial charge in [0.25, 0.3) is 0 Å². The number of carbonyl (C=O) groups excluding carboxylic acids is 2. The molecule has 1 aromatic heterocycles. The van der Waals surface area contributed by atoms with Gasteiger partial charge < -0.3 is 20.2 Å². The van der Waals surface area contributed by atoms with Crippen molar-refractivity contribution in [2.45, 2.75) is 95.1 Å². The number of benzene rings is 1. The Balaban J connectivity index is 1.53. The fourth-order valence-electron chi connectivity index (χ4n) is 5.40. The molecule has 2 aliphatic rings. The lowest BCUT2D eigenvalue weighted by Crippen LogP contribution is -2.49. The molecule has 0 unspecified atom stereocenters. The van der Waals surface area contributed by atoms with E-state index in [1.165, 1.54) is 0 Å². The second kappa shape index (κ2) is 10.2. The van der Waals surface area contributed by atoms with Crippen molar-refractivity contribution in [3.05, 3.63) is 28.7 Å². The van der Waals surface area contributed by atoms with Crippen molar-refractivity contribution in [1.82, 2.24) is 9.55 Å². The number of hydrogen-bond acceptors (Lipinski definition) is 6. The number of aromatic nitrogens is 2. The van der Waals surface area contributed by atoms with Gasteiger partial charge in [-0.05, 0) is 43.9 Å². The molecule has 0 radical (unpaired) electrons. The fraction of sp³-hybridized carbons (Fsp3) is 0.654. The van der Waals surface area contributed by atoms with Crippen LogP contribution in [0.5, 0.6) is 0 Å². The van der Waals surface area contributed by atoms with Gasteiger partial charge in [-0.1, -0.05) is 45.0 Å². The highest BCUT2D eigenvalue weighted by Crippen LogP contribution is 2.40. The topological polar surface area (TPSA) is 116 Å². The van der Waals surface area contributed by atoms with Crippen LogP contribution in [0.25, 0.3) is 11.0 Å². The molecule has 2 aliphatic carbocycles. The van der Waals surface area contributed by atoms with Crippen LogP contribution in [0.4, 0.5) is 5.69 Å². The molecule has 0 atom stereocenters. The van der Waals surface area contributed by atoms with E-state index in [4.69, 9.17) is 15.2 Å². The minimum absolute atomic E-state index is 0.116. The summed E-state index contributed by atoms with van der Waals surface area (Å²) in [7, 11) is -1.38. The molecule has 0 bridgehead atoms. The summed E-state index contributed by atoms with van der Waals surface area (Å²) in [5.74, 6) is -0.858. The van der Waals surface area contributed by atoms with Crippen molar-refractivity contribution < 1.29 is 19.1 Å². The van der Waals surface area contributed by atoms with Gasteiger partial charge in [0.2, 0.25) is 5.60 Å². The summed E-state index contributed by atoms with van der Waals surface area (Å²) >= 11 is 0. The molecular formula is C26H39N3O5Si. The predicted molar refractivity (Wildman–Crippen MR) is 139 cm³/mol. The number of nitrogen functional groups attached to an aromatic ring is 1. The molecule has 0 saturated heterocycles. The third-order valence-electron chi connectivity index (χ3n) is 7.60. The summed E-state index contributed by atoms with van der Waals surface area (Å²) in [6.07, 6.45) is 6.53. The van der Waals surface area contributed by atoms with Gasteiger partial charge in [-0.3, -0.25) is 9.36 Å². The zero-order valence-electron chi connectivity index (χ0n) is 21.2. The Morgan fingerprint density at radius 2 is 1.80 bits per heavy atom. The van der Waals surface area contributed by atoms with E-state index in [-0.39, 0.29) is 23.6 Å². The quantitative estimate of drug-likeness (QED) is 0.321. The van der Waals surface area contributed by atoms with Crippen molar-refractivity contribution >= 4 is 36.7 Å². The van der Waals surface area contributed by atoms with Gasteiger partial charge in [-0.2, -0.15) is 0 Å². The summed E-state index contributed by atoms with van der Waals surface area (Å²) < 4.78 is 13.5. The van der Waals surface area contributed by atoms with E-state index in [1.54, 1.807) is 10.6 Å². The number of anilines is 1. The molecule has 0 aliphatic heterocycles. The van der Waals surface area contributed by atoms with Crippen LogP contribution in [0.2, 0.25) is 25.7 Å². The molecule has 4 rings (SSSR count). The van der Waals surface area contributed by atoms with Crippen LogP contribution in [0.15, 0.2) is 23.0 Å². The fourth-order valence-corrected chi connectivity index (χ4v) is 6.12. The van der Waals surface area contributed by atoms with Gasteiger partial charge in [0.05, 0.1) is 29.2 Å². The van der Waals surface area contributed by atoms with Gasteiger partial charge in [0.1, 0.15) is 0 Å². The average Bonchev–Trinajstić information content (AvgIpc) is 3.16. The number of hydrogen-bond donors (Lipinski definition) is 2. The third kappa shape index (κ3) is 5.65. The van der Waals surface area contributed by atoms with Crippen molar-refractivity contribution in [1.29, 1.82) is 0 Å². The SMILES string of the molecule is C[Si](C)(C)CCOC(=O)C1(OC(=O)C2CCCCC2)CCC(n2c(=O)[nH]c3c(N)cccc32)CC1. The smallest absolute Gasteiger partial charge is 0.350 e. The van der Waals surface area contributed by atoms with Crippen LogP contribution in [-0.2, 0) is 19.1 Å². The molecule has 1 aromatic carbocycles. The van der Waals surface area contributed by atoms with E-state index in [0.717, 1.165) is 43.7 Å². The van der Waals surface area contributed by atoms with E-state index in [2.05, 4.69) is 24.6 Å². The van der Waals surface area contributed by atoms with E-state index in [1.807, 2.05) is 12.1 Å². The van der Waals surface area contributed by atoms with Crippen molar-refractivity contribution in [3.63, 3.8) is 0 Å². The standard InChI is InChI=1S/C26H39N3O5Si/c1-35(2,3)17-16-33-24(31)26(34-23(30)18-8-5-4-6-9-18)14-12-19(13-15-26)29-21-11-7-10-20(27)22(21)28-25(29)32/h7,10-11,18-19H,4-6,8-9,12-17,27H2,1-3H3,(H,28,32). The minimum atomic E-state index is -1.38. The first kappa shape index (κ1) is 25.5. The number of imidazole rings is 1. The highest BCUT2D eigenvalue weighted by atomic mass is 28.3. The normalized spacial score (nSPS) is 23.8. The molecule has 9 heteroatoms. The molecule has 2 aromatic rings. The molecule has 2 fully saturated rings. The van der Waals surface area contributed by atoms with E-state index >= 15 is 0 Å². The molecule has 192 valence electrons. The first-order chi connectivity index (χ1) is 16.6. The predicted octanol–water partition coefficient (Wildman–Crippen LogP) is 4.77. The Morgan fingerprint density at radius 1 is 1.11 bits per heavy atom. The lowest BCUT2D eigenvalue weighted by Gasteiger charge is -2.39. The number of esters is 2. The molecule has 2 saturated carbocycles. The van der Waals surface area contributed by atoms with Crippen LogP contribution >= 0.6 is 0 Å². The van der Waals surface area contributed by atoms with Crippen LogP contribution in [0.1, 0.15) is 63.8 Å². The maximum Gasteiger partial charge on any atom is 0.350 e. The molecule has 35 heavy (non-hydrogen) atoms. The summed E-state index contributed by atoms with van der Waals surface area (Å²) in [4.78, 5) is 42.1. The second-order valence-electron chi connectivity index (χ2n) is 11.5. The highest BCUT2D eigenvalue weighted by Gasteiger charge is 2.48. The van der Waals surface area contributed by atoms with E-state index in [0.29, 0.717) is 43.5 Å². The number of fused-ring (bicyclic) bond motifs is 1. The molecule has 1 heterocycles. The summed E-state index contributed by atoms with van der Waals surface area (Å²) in [6, 6.07) is 6.21. The number of nitrogens with zero attached hydrogens (tertiary/aromatic N) is 1. The van der Waals surface area contributed by atoms with Gasteiger partial charge in [0.15, 0.2) is 0 Å². The zero-order chi connectivity index (χ0) is 25.2. The number of nitrogens with two attached hydrogens (primary N) is 1. The van der Waals surface area contributed by atoms with Crippen LogP contribution in [-0.4, -0.2) is 41.8 Å². The first-order valence-electron chi connectivity index (χ1n) is 13.0. The number of ether oxygens (including phenoxy) is 2. The maximum absolute atomic E-state index is 13.4. The van der Waals surface area contributed by atoms with Crippen molar-refractivity contribution in [2.24, 2.45) is 5.92 Å². The number of aromatic amines is 1. The minimum Gasteiger partial charge on any atom is -0.463 e. The van der Waals surface area contributed by atoms with Gasteiger partial charge >= 0.3 is 17.6 Å². The number of para-hydroxylation sites is 1. The number of rotatable bonds is 7. The Labute approximate surface area is 207 Å². The summed E-state index contributed by atoms with van der Waals surface area (Å²) in [5.41, 5.74) is 6.47. The first-order valence-corrected chi connectivity index (χ1v) is 16.7. The van der Waals surface area contributed by atoms with Gasteiger partial charge in [0, 0.05) is 27.0 Å². The van der Waals surface area contributed by atoms with Gasteiger partial charge in [-0.25, -0.2) is 9.59 Å². The third-order valence-corrected chi connectivity index (χ3v) is 9.31. The Bertz CT molecular complexity index is 1120. The number of nitrogens with one attached hydrogen (secondary N) is 1. The van der Waals surface area contributed by atoms with Crippen molar-refractivity contribution in [2.75, 3.05) is 12.3 Å². The zero-order valence-corrected chi connectivity index (χ0v) is 22.2. The Kier molecular flexibility index (Phi) is 7.45. The van der Waals surface area contributed by atoms with E-state index < -0.39 is 19.6 Å². The van der Waals surface area contributed by atoms with Crippen LogP contribution in [0.3, 0.4) is 0 Å². The van der Waals surface area contributed by atoms with Gasteiger partial charge in [-0.15, -0.1) is 0 Å². The average molecular weight is 502 g/mol. The van der Waals surface area contributed by atoms with Crippen LogP contribution in [0, 0.1) is 5.92 Å². The molecule has 0 amide bonds. The van der Waals surface area contributed by atoms with Crippen LogP contribution < -0.4 is 11.4 Å². The monoisotopic (exact) mass is 501 g/mol. The maximum atomic E-state index is 13.4.